The van der Waals surface area contributed by atoms with Gasteiger partial charge in [-0.3, -0.25) is 0 Å². The molecule has 1 rings (SSSR count). The summed E-state index contributed by atoms with van der Waals surface area (Å²) in [6.07, 6.45) is 1.51. The van der Waals surface area contributed by atoms with Crippen LogP contribution in [0.3, 0.4) is 0 Å². The quantitative estimate of drug-likeness (QED) is 0.687. The second-order valence-corrected chi connectivity index (χ2v) is 3.71. The Kier molecular flexibility index (Phi) is 3.66. The van der Waals surface area contributed by atoms with Gasteiger partial charge in [-0.2, -0.15) is 0 Å². The Bertz CT molecular complexity index is 93.6. The van der Waals surface area contributed by atoms with Gasteiger partial charge in [0.1, 0.15) is 0 Å². The summed E-state index contributed by atoms with van der Waals surface area (Å²) in [6, 6.07) is 0. The zero-order chi connectivity index (χ0) is 7.40. The van der Waals surface area contributed by atoms with Crippen LogP contribution in [0.2, 0.25) is 0 Å². The summed E-state index contributed by atoms with van der Waals surface area (Å²) in [5.41, 5.74) is 0. The van der Waals surface area contributed by atoms with Crippen LogP contribution >= 0.6 is 15.9 Å². The second kappa shape index (κ2) is 4.31. The molecule has 0 saturated carbocycles. The smallest absolute Gasteiger partial charge is 0.0824 e. The van der Waals surface area contributed by atoms with Crippen LogP contribution in [0.1, 0.15) is 13.3 Å². The normalized spacial score (nSPS) is 30.0. The molecule has 1 fully saturated rings. The Morgan fingerprint density at radius 3 is 3.10 bits per heavy atom. The Labute approximate surface area is 70.5 Å². The van der Waals surface area contributed by atoms with Gasteiger partial charge >= 0.3 is 0 Å². The molecule has 0 aliphatic carbocycles. The van der Waals surface area contributed by atoms with Gasteiger partial charge in [0.15, 0.2) is 0 Å². The van der Waals surface area contributed by atoms with E-state index in [1.54, 1.807) is 0 Å². The fourth-order valence-corrected chi connectivity index (χ4v) is 1.42. The van der Waals surface area contributed by atoms with Crippen LogP contribution < -0.4 is 5.32 Å². The van der Waals surface area contributed by atoms with Gasteiger partial charge in [-0.05, 0) is 6.42 Å². The third-order valence-corrected chi connectivity index (χ3v) is 2.99. The van der Waals surface area contributed by atoms with Crippen molar-refractivity contribution in [3.63, 3.8) is 0 Å². The van der Waals surface area contributed by atoms with Crippen LogP contribution in [0, 0.1) is 0 Å². The fraction of sp³-hybridized carbons (Fsp3) is 1.00. The first-order valence-electron chi connectivity index (χ1n) is 3.81. The molecule has 0 spiro atoms. The minimum Gasteiger partial charge on any atom is -0.374 e. The highest BCUT2D eigenvalue weighted by molar-refractivity contribution is 9.09. The summed E-state index contributed by atoms with van der Waals surface area (Å²) in [6.45, 7) is 5.01. The van der Waals surface area contributed by atoms with E-state index in [9.17, 15) is 0 Å². The summed E-state index contributed by atoms with van der Waals surface area (Å²) < 4.78 is 5.52. The molecule has 0 aromatic heterocycles. The van der Waals surface area contributed by atoms with Gasteiger partial charge in [-0.1, -0.05) is 22.9 Å². The molecule has 60 valence electrons. The average molecular weight is 208 g/mol. The molecule has 1 heterocycles. The van der Waals surface area contributed by atoms with E-state index in [1.807, 2.05) is 0 Å². The SMILES string of the molecule is CCC(Br)C1CNCCO1. The lowest BCUT2D eigenvalue weighted by Crippen LogP contribution is -2.42. The zero-order valence-corrected chi connectivity index (χ0v) is 7.86. The van der Waals surface area contributed by atoms with Crippen LogP contribution in [0.5, 0.6) is 0 Å². The number of hydrogen-bond acceptors (Lipinski definition) is 2. The number of morpholine rings is 1. The second-order valence-electron chi connectivity index (χ2n) is 2.54. The van der Waals surface area contributed by atoms with E-state index in [2.05, 4.69) is 28.2 Å². The monoisotopic (exact) mass is 207 g/mol. The standard InChI is InChI=1S/C7H14BrNO/c1-2-6(8)7-5-9-3-4-10-7/h6-7,9H,2-5H2,1H3. The summed E-state index contributed by atoms with van der Waals surface area (Å²) in [4.78, 5) is 0.514. The summed E-state index contributed by atoms with van der Waals surface area (Å²) in [5.74, 6) is 0. The molecule has 2 unspecified atom stereocenters. The van der Waals surface area contributed by atoms with Gasteiger partial charge in [0, 0.05) is 17.9 Å². The number of ether oxygens (including phenoxy) is 1. The van der Waals surface area contributed by atoms with E-state index in [4.69, 9.17) is 4.74 Å². The van der Waals surface area contributed by atoms with Crippen molar-refractivity contribution in [3.05, 3.63) is 0 Å². The summed E-state index contributed by atoms with van der Waals surface area (Å²) in [5, 5.41) is 3.30. The minimum atomic E-state index is 0.374. The van der Waals surface area contributed by atoms with E-state index >= 15 is 0 Å². The molecule has 0 aromatic carbocycles. The Morgan fingerprint density at radius 2 is 2.60 bits per heavy atom. The average Bonchev–Trinajstić information content (AvgIpc) is 2.05. The first kappa shape index (κ1) is 8.50. The van der Waals surface area contributed by atoms with Gasteiger partial charge in [0.05, 0.1) is 12.7 Å². The topological polar surface area (TPSA) is 21.3 Å². The number of nitrogens with one attached hydrogen (secondary N) is 1. The number of hydrogen-bond donors (Lipinski definition) is 1. The number of halogens is 1. The Balaban J connectivity index is 2.24. The lowest BCUT2D eigenvalue weighted by Gasteiger charge is -2.26. The fourth-order valence-electron chi connectivity index (χ4n) is 1.08. The van der Waals surface area contributed by atoms with E-state index in [1.165, 1.54) is 0 Å². The van der Waals surface area contributed by atoms with Gasteiger partial charge in [0.25, 0.3) is 0 Å². The predicted molar refractivity (Wildman–Crippen MR) is 45.6 cm³/mol. The van der Waals surface area contributed by atoms with E-state index in [0.29, 0.717) is 10.9 Å². The van der Waals surface area contributed by atoms with Crippen molar-refractivity contribution >= 4 is 15.9 Å². The third kappa shape index (κ3) is 2.22. The highest BCUT2D eigenvalue weighted by atomic mass is 79.9. The van der Waals surface area contributed by atoms with Crippen molar-refractivity contribution in [2.45, 2.75) is 24.3 Å². The van der Waals surface area contributed by atoms with Gasteiger partial charge in [-0.25, -0.2) is 0 Å². The van der Waals surface area contributed by atoms with Crippen molar-refractivity contribution in [2.75, 3.05) is 19.7 Å². The third-order valence-electron chi connectivity index (χ3n) is 1.75. The minimum absolute atomic E-state index is 0.374. The lowest BCUT2D eigenvalue weighted by molar-refractivity contribution is 0.0282. The van der Waals surface area contributed by atoms with Crippen LogP contribution in [0.25, 0.3) is 0 Å². The molecule has 3 heteroatoms. The molecule has 2 atom stereocenters. The molecule has 10 heavy (non-hydrogen) atoms. The Hall–Kier alpha value is 0.400. The van der Waals surface area contributed by atoms with Crippen molar-refractivity contribution in [2.24, 2.45) is 0 Å². The van der Waals surface area contributed by atoms with Crippen LogP contribution in [0.15, 0.2) is 0 Å². The molecule has 0 aromatic rings. The molecule has 0 amide bonds. The maximum absolute atomic E-state index is 5.52. The molecule has 1 aliphatic heterocycles. The molecule has 0 radical (unpaired) electrons. The number of alkyl halides is 1. The summed E-state index contributed by atoms with van der Waals surface area (Å²) >= 11 is 3.57. The largest absolute Gasteiger partial charge is 0.374 e. The maximum Gasteiger partial charge on any atom is 0.0824 e. The highest BCUT2D eigenvalue weighted by Crippen LogP contribution is 2.13. The zero-order valence-electron chi connectivity index (χ0n) is 6.27. The van der Waals surface area contributed by atoms with E-state index in [0.717, 1.165) is 26.1 Å². The molecular weight excluding hydrogens is 194 g/mol. The summed E-state index contributed by atoms with van der Waals surface area (Å²) in [7, 11) is 0. The van der Waals surface area contributed by atoms with Crippen molar-refractivity contribution in [1.82, 2.24) is 5.32 Å². The first-order valence-corrected chi connectivity index (χ1v) is 4.72. The predicted octanol–water partition coefficient (Wildman–Crippen LogP) is 1.15. The van der Waals surface area contributed by atoms with E-state index < -0.39 is 0 Å². The van der Waals surface area contributed by atoms with Gasteiger partial charge < -0.3 is 10.1 Å². The Morgan fingerprint density at radius 1 is 1.80 bits per heavy atom. The lowest BCUT2D eigenvalue weighted by atomic mass is 10.2. The van der Waals surface area contributed by atoms with Crippen molar-refractivity contribution < 1.29 is 4.74 Å². The van der Waals surface area contributed by atoms with Crippen molar-refractivity contribution in [1.29, 1.82) is 0 Å². The maximum atomic E-state index is 5.52. The molecule has 1 aliphatic rings. The molecular formula is C7H14BrNO. The molecule has 2 nitrogen and oxygen atoms in total. The molecule has 0 bridgehead atoms. The van der Waals surface area contributed by atoms with Crippen LogP contribution in [-0.2, 0) is 4.74 Å². The first-order chi connectivity index (χ1) is 4.84. The van der Waals surface area contributed by atoms with Gasteiger partial charge in [0.2, 0.25) is 0 Å². The molecule has 1 saturated heterocycles. The van der Waals surface area contributed by atoms with Crippen LogP contribution in [-0.4, -0.2) is 30.6 Å². The number of rotatable bonds is 2. The van der Waals surface area contributed by atoms with E-state index in [-0.39, 0.29) is 0 Å². The highest BCUT2D eigenvalue weighted by Gasteiger charge is 2.19. The van der Waals surface area contributed by atoms with Crippen LogP contribution in [0.4, 0.5) is 0 Å². The van der Waals surface area contributed by atoms with Gasteiger partial charge in [-0.15, -0.1) is 0 Å². The van der Waals surface area contributed by atoms with Crippen molar-refractivity contribution in [3.8, 4) is 0 Å². The molecule has 1 N–H and O–H groups in total.